The van der Waals surface area contributed by atoms with Crippen LogP contribution in [0.3, 0.4) is 0 Å². The van der Waals surface area contributed by atoms with Gasteiger partial charge in [0.1, 0.15) is 0 Å². The fourth-order valence-corrected chi connectivity index (χ4v) is 2.14. The summed E-state index contributed by atoms with van der Waals surface area (Å²) in [6.45, 7) is 9.30. The monoisotopic (exact) mass is 283 g/mol. The molecule has 1 aromatic heterocycles. The van der Waals surface area contributed by atoms with Crippen molar-refractivity contribution in [2.24, 2.45) is 17.1 Å². The third kappa shape index (κ3) is 4.92. The summed E-state index contributed by atoms with van der Waals surface area (Å²) in [6.07, 6.45) is 2.52. The second-order valence-electron chi connectivity index (χ2n) is 5.91. The van der Waals surface area contributed by atoms with E-state index < -0.39 is 5.97 Å². The van der Waals surface area contributed by atoms with Gasteiger partial charge in [-0.2, -0.15) is 4.98 Å². The van der Waals surface area contributed by atoms with Gasteiger partial charge in [-0.1, -0.05) is 20.8 Å². The highest BCUT2D eigenvalue weighted by molar-refractivity contribution is 5.84. The van der Waals surface area contributed by atoms with Crippen LogP contribution in [0.25, 0.3) is 0 Å². The van der Waals surface area contributed by atoms with E-state index in [2.05, 4.69) is 30.9 Å². The summed E-state index contributed by atoms with van der Waals surface area (Å²) in [5, 5.41) is 3.64. The maximum atomic E-state index is 11.4. The van der Waals surface area contributed by atoms with Gasteiger partial charge >= 0.3 is 5.97 Å². The van der Waals surface area contributed by atoms with Crippen molar-refractivity contribution in [1.82, 2.24) is 10.1 Å². The van der Waals surface area contributed by atoms with E-state index in [1.807, 2.05) is 0 Å². The molecule has 0 aliphatic carbocycles. The fourth-order valence-electron chi connectivity index (χ4n) is 2.14. The van der Waals surface area contributed by atoms with Crippen molar-refractivity contribution in [1.29, 1.82) is 0 Å². The zero-order valence-electron chi connectivity index (χ0n) is 12.8. The zero-order valence-corrected chi connectivity index (χ0v) is 12.8. The van der Waals surface area contributed by atoms with Crippen molar-refractivity contribution < 1.29 is 14.1 Å². The number of nitrogens with zero attached hydrogens (tertiary/aromatic N) is 2. The Bertz CT molecular complexity index is 424. The molecule has 0 aliphatic rings. The molecule has 1 atom stereocenters. The van der Waals surface area contributed by atoms with Gasteiger partial charge in [0.05, 0.1) is 6.61 Å². The Morgan fingerprint density at radius 3 is 2.65 bits per heavy atom. The topological polar surface area (TPSA) is 91.2 Å². The van der Waals surface area contributed by atoms with E-state index in [-0.39, 0.29) is 11.2 Å². The van der Waals surface area contributed by atoms with Crippen LogP contribution in [-0.4, -0.2) is 29.3 Å². The molecule has 2 N–H and O–H groups in total. The highest BCUT2D eigenvalue weighted by Crippen LogP contribution is 2.31. The molecule has 1 rings (SSSR count). The minimum Gasteiger partial charge on any atom is -0.460 e. The normalized spacial score (nSPS) is 13.2. The molecular formula is C14H25N3O3. The van der Waals surface area contributed by atoms with Crippen molar-refractivity contribution >= 4 is 5.97 Å². The van der Waals surface area contributed by atoms with E-state index in [9.17, 15) is 4.79 Å². The van der Waals surface area contributed by atoms with E-state index in [0.717, 1.165) is 12.8 Å². The van der Waals surface area contributed by atoms with Crippen LogP contribution >= 0.6 is 0 Å². The Labute approximate surface area is 120 Å². The minimum atomic E-state index is -0.545. The van der Waals surface area contributed by atoms with Crippen molar-refractivity contribution in [2.75, 3.05) is 13.2 Å². The summed E-state index contributed by atoms with van der Waals surface area (Å²) >= 11 is 0. The Morgan fingerprint density at radius 1 is 1.40 bits per heavy atom. The van der Waals surface area contributed by atoms with Gasteiger partial charge in [-0.25, -0.2) is 4.79 Å². The molecule has 0 saturated carbocycles. The first-order chi connectivity index (χ1) is 9.38. The quantitative estimate of drug-likeness (QED) is 0.771. The summed E-state index contributed by atoms with van der Waals surface area (Å²) in [6, 6.07) is 0. The lowest BCUT2D eigenvalue weighted by molar-refractivity contribution is 0.0508. The van der Waals surface area contributed by atoms with Crippen LogP contribution < -0.4 is 5.73 Å². The van der Waals surface area contributed by atoms with Crippen LogP contribution in [0, 0.1) is 11.3 Å². The first-order valence-corrected chi connectivity index (χ1v) is 7.08. The van der Waals surface area contributed by atoms with Crippen LogP contribution in [0.1, 0.15) is 57.0 Å². The highest BCUT2D eigenvalue weighted by atomic mass is 16.5. The van der Waals surface area contributed by atoms with Gasteiger partial charge in [0.25, 0.3) is 5.82 Å². The molecule has 0 saturated heterocycles. The molecular weight excluding hydrogens is 258 g/mol. The van der Waals surface area contributed by atoms with Gasteiger partial charge in [0, 0.05) is 6.42 Å². The standard InChI is InChI=1S/C14H25N3O3/c1-5-19-13(18)12-16-11(20-17-12)7-6-10(8-9-15)14(2,3)4/h10H,5-9,15H2,1-4H3. The lowest BCUT2D eigenvalue weighted by atomic mass is 9.76. The van der Waals surface area contributed by atoms with Crippen molar-refractivity contribution in [3.8, 4) is 0 Å². The van der Waals surface area contributed by atoms with Gasteiger partial charge in [0.2, 0.25) is 5.89 Å². The number of carbonyl (C=O) groups is 1. The Hall–Kier alpha value is -1.43. The Balaban J connectivity index is 2.58. The number of nitrogens with two attached hydrogens (primary N) is 1. The summed E-state index contributed by atoms with van der Waals surface area (Å²) < 4.78 is 9.90. The largest absolute Gasteiger partial charge is 0.460 e. The molecule has 0 bridgehead atoms. The van der Waals surface area contributed by atoms with Crippen molar-refractivity contribution in [2.45, 2.75) is 47.0 Å². The number of aryl methyl sites for hydroxylation is 1. The summed E-state index contributed by atoms with van der Waals surface area (Å²) in [5.74, 6) is 0.398. The number of hydrogen-bond acceptors (Lipinski definition) is 6. The molecule has 0 fully saturated rings. The van der Waals surface area contributed by atoms with Crippen molar-refractivity contribution in [3.05, 3.63) is 11.7 Å². The van der Waals surface area contributed by atoms with Crippen LogP contribution in [-0.2, 0) is 11.2 Å². The number of rotatable bonds is 7. The lowest BCUT2D eigenvalue weighted by Crippen LogP contribution is -2.24. The molecule has 1 heterocycles. The second kappa shape index (κ2) is 7.38. The van der Waals surface area contributed by atoms with E-state index in [1.165, 1.54) is 0 Å². The van der Waals surface area contributed by atoms with Gasteiger partial charge in [-0.15, -0.1) is 0 Å². The van der Waals surface area contributed by atoms with Gasteiger partial charge in [-0.3, -0.25) is 0 Å². The van der Waals surface area contributed by atoms with Crippen LogP contribution in [0.2, 0.25) is 0 Å². The average molecular weight is 283 g/mol. The number of carbonyl (C=O) groups excluding carboxylic acids is 1. The molecule has 20 heavy (non-hydrogen) atoms. The van der Waals surface area contributed by atoms with Gasteiger partial charge < -0.3 is 15.0 Å². The number of ether oxygens (including phenoxy) is 1. The molecule has 1 aromatic rings. The van der Waals surface area contributed by atoms with Crippen LogP contribution in [0.5, 0.6) is 0 Å². The Morgan fingerprint density at radius 2 is 2.10 bits per heavy atom. The summed E-state index contributed by atoms with van der Waals surface area (Å²) in [5.41, 5.74) is 5.84. The molecule has 6 nitrogen and oxygen atoms in total. The maximum absolute atomic E-state index is 11.4. The number of hydrogen-bond donors (Lipinski definition) is 1. The fraction of sp³-hybridized carbons (Fsp3) is 0.786. The predicted octanol–water partition coefficient (Wildman–Crippen LogP) is 2.19. The maximum Gasteiger partial charge on any atom is 0.379 e. The lowest BCUT2D eigenvalue weighted by Gasteiger charge is -2.30. The molecule has 0 aromatic carbocycles. The first-order valence-electron chi connectivity index (χ1n) is 7.08. The smallest absolute Gasteiger partial charge is 0.379 e. The molecule has 6 heteroatoms. The summed E-state index contributed by atoms with van der Waals surface area (Å²) in [7, 11) is 0. The highest BCUT2D eigenvalue weighted by Gasteiger charge is 2.24. The van der Waals surface area contributed by atoms with Crippen LogP contribution in [0.15, 0.2) is 4.52 Å². The third-order valence-electron chi connectivity index (χ3n) is 3.37. The average Bonchev–Trinajstić information content (AvgIpc) is 2.82. The summed E-state index contributed by atoms with van der Waals surface area (Å²) in [4.78, 5) is 15.5. The third-order valence-corrected chi connectivity index (χ3v) is 3.37. The number of aromatic nitrogens is 2. The van der Waals surface area contributed by atoms with E-state index in [4.69, 9.17) is 15.0 Å². The van der Waals surface area contributed by atoms with E-state index in [0.29, 0.717) is 31.4 Å². The number of esters is 1. The van der Waals surface area contributed by atoms with Crippen molar-refractivity contribution in [3.63, 3.8) is 0 Å². The minimum absolute atomic E-state index is 0.00650. The molecule has 0 radical (unpaired) electrons. The SMILES string of the molecule is CCOC(=O)c1noc(CCC(CCN)C(C)(C)C)n1. The van der Waals surface area contributed by atoms with E-state index >= 15 is 0 Å². The molecule has 114 valence electrons. The molecule has 0 aliphatic heterocycles. The molecule has 0 spiro atoms. The first kappa shape index (κ1) is 16.6. The van der Waals surface area contributed by atoms with Crippen LogP contribution in [0.4, 0.5) is 0 Å². The predicted molar refractivity (Wildman–Crippen MR) is 75.2 cm³/mol. The molecule has 0 amide bonds. The second-order valence-corrected chi connectivity index (χ2v) is 5.91. The Kier molecular flexibility index (Phi) is 6.13. The zero-order chi connectivity index (χ0) is 15.2. The molecule has 1 unspecified atom stereocenters. The van der Waals surface area contributed by atoms with Gasteiger partial charge in [0.15, 0.2) is 0 Å². The van der Waals surface area contributed by atoms with Gasteiger partial charge in [-0.05, 0) is 42.8 Å². The van der Waals surface area contributed by atoms with E-state index in [1.54, 1.807) is 6.92 Å².